The fourth-order valence-electron chi connectivity index (χ4n) is 15.0. The van der Waals surface area contributed by atoms with Crippen molar-refractivity contribution in [1.29, 1.82) is 0 Å². The van der Waals surface area contributed by atoms with Crippen molar-refractivity contribution < 1.29 is 89.1 Å². The number of carbonyl (C=O) groups excluding carboxylic acids is 1. The molecule has 0 unspecified atom stereocenters. The van der Waals surface area contributed by atoms with Gasteiger partial charge in [-0.2, -0.15) is 0 Å². The van der Waals surface area contributed by atoms with Gasteiger partial charge in [-0.05, 0) is 85.4 Å². The number of allylic oxidation sites excluding steroid dienone is 2. The van der Waals surface area contributed by atoms with Crippen molar-refractivity contribution in [3.8, 4) is 0 Å². The van der Waals surface area contributed by atoms with Gasteiger partial charge in [0.15, 0.2) is 12.4 Å². The van der Waals surface area contributed by atoms with Gasteiger partial charge in [0.25, 0.3) is 0 Å². The Morgan fingerprint density at radius 3 is 2.17 bits per heavy atom. The van der Waals surface area contributed by atoms with Crippen LogP contribution in [0.25, 0.3) is 0 Å². The van der Waals surface area contributed by atoms with Gasteiger partial charge in [0.2, 0.25) is 12.1 Å². The number of esters is 1. The number of hydrogen-bond donors (Lipinski definition) is 10. The lowest BCUT2D eigenvalue weighted by Crippen LogP contribution is -2.77. The van der Waals surface area contributed by atoms with Crippen LogP contribution in [0.5, 0.6) is 0 Å². The lowest BCUT2D eigenvalue weighted by Gasteiger charge is -2.72. The van der Waals surface area contributed by atoms with Crippen LogP contribution in [0.4, 0.5) is 0 Å². The van der Waals surface area contributed by atoms with Crippen molar-refractivity contribution in [1.82, 2.24) is 0 Å². The number of ether oxygens (including phenoxy) is 6. The molecule has 4 saturated carbocycles. The first kappa shape index (κ1) is 49.5. The first-order chi connectivity index (χ1) is 30.3. The molecule has 0 aromatic heterocycles. The quantitative estimate of drug-likeness (QED) is 0.0866. The van der Waals surface area contributed by atoms with Crippen LogP contribution >= 0.6 is 0 Å². The maximum Gasteiger partial charge on any atom is 0.335 e. The molecule has 3 saturated heterocycles. The Morgan fingerprint density at radius 2 is 1.55 bits per heavy atom. The van der Waals surface area contributed by atoms with Crippen LogP contribution in [0.1, 0.15) is 107 Å². The second-order valence-corrected chi connectivity index (χ2v) is 22.8. The molecule has 10 N–H and O–H groups in total. The maximum atomic E-state index is 13.1. The lowest BCUT2D eigenvalue weighted by molar-refractivity contribution is -0.488. The number of fused-ring (bicyclic) bond motifs is 9. The number of aliphatic carboxylic acids is 1. The third-order valence-electron chi connectivity index (χ3n) is 19.3. The summed E-state index contributed by atoms with van der Waals surface area (Å²) in [7, 11) is 0. The number of carbonyl (C=O) groups is 2. The van der Waals surface area contributed by atoms with E-state index in [1.165, 1.54) is 0 Å². The van der Waals surface area contributed by atoms with Gasteiger partial charge in [0, 0.05) is 10.8 Å². The molecule has 0 aromatic rings. The van der Waals surface area contributed by atoms with Crippen LogP contribution in [-0.4, -0.2) is 168 Å². The van der Waals surface area contributed by atoms with E-state index in [1.807, 2.05) is 27.7 Å². The van der Waals surface area contributed by atoms with Crippen molar-refractivity contribution in [2.75, 3.05) is 19.8 Å². The van der Waals surface area contributed by atoms with E-state index >= 15 is 0 Å². The van der Waals surface area contributed by atoms with Crippen LogP contribution in [0, 0.1) is 56.2 Å². The third kappa shape index (κ3) is 6.84. The minimum atomic E-state index is -2.78. The van der Waals surface area contributed by atoms with Gasteiger partial charge in [0.05, 0.1) is 43.4 Å². The van der Waals surface area contributed by atoms with E-state index in [0.29, 0.717) is 44.9 Å². The summed E-state index contributed by atoms with van der Waals surface area (Å²) >= 11 is 0. The van der Waals surface area contributed by atoms with Gasteiger partial charge < -0.3 is 79.5 Å². The lowest BCUT2D eigenvalue weighted by atomic mass is 9.33. The number of carboxylic acids is 1. The number of carboxylic acid groups (broad SMARTS) is 1. The first-order valence-electron chi connectivity index (χ1n) is 23.7. The Balaban J connectivity index is 1.06. The monoisotopic (exact) mass is 926 g/mol. The van der Waals surface area contributed by atoms with E-state index in [2.05, 4.69) is 26.8 Å². The minimum absolute atomic E-state index is 0.0567. The number of aliphatic hydroxyl groups is 9. The molecular weight excluding hydrogens is 852 g/mol. The summed E-state index contributed by atoms with van der Waals surface area (Å²) < 4.78 is 35.6. The summed E-state index contributed by atoms with van der Waals surface area (Å²) in [4.78, 5) is 25.8. The van der Waals surface area contributed by atoms with E-state index < -0.39 is 138 Å². The highest BCUT2D eigenvalue weighted by Crippen LogP contribution is 2.76. The molecule has 23 atom stereocenters. The normalized spacial score (nSPS) is 54.0. The Hall–Kier alpha value is -1.88. The summed E-state index contributed by atoms with van der Waals surface area (Å²) in [5.74, 6) is -5.59. The summed E-state index contributed by atoms with van der Waals surface area (Å²) in [5.41, 5.74) is -3.19. The van der Waals surface area contributed by atoms with Crippen molar-refractivity contribution >= 4 is 11.9 Å². The number of rotatable bonds is 9. The van der Waals surface area contributed by atoms with E-state index in [4.69, 9.17) is 28.4 Å². The molecule has 18 heteroatoms. The van der Waals surface area contributed by atoms with Gasteiger partial charge in [-0.25, -0.2) is 4.79 Å². The molecule has 0 radical (unpaired) electrons. The highest BCUT2D eigenvalue weighted by atomic mass is 16.8. The van der Waals surface area contributed by atoms with Gasteiger partial charge in [-0.15, -0.1) is 0 Å². The Morgan fingerprint density at radius 1 is 0.862 bits per heavy atom. The summed E-state index contributed by atoms with van der Waals surface area (Å²) in [6.45, 7) is 14.8. The Kier molecular flexibility index (Phi) is 12.7. The topological polar surface area (TPSA) is 292 Å². The zero-order valence-corrected chi connectivity index (χ0v) is 38.9. The predicted molar refractivity (Wildman–Crippen MR) is 225 cm³/mol. The molecule has 0 spiro atoms. The largest absolute Gasteiger partial charge is 0.479 e. The Labute approximate surface area is 380 Å². The van der Waals surface area contributed by atoms with E-state index in [9.17, 15) is 60.7 Å². The first-order valence-corrected chi connectivity index (χ1v) is 23.7. The smallest absolute Gasteiger partial charge is 0.335 e. The van der Waals surface area contributed by atoms with Crippen molar-refractivity contribution in [3.63, 3.8) is 0 Å². The fraction of sp³-hybridized carbons (Fsp3) is 0.915. The number of hydrogen-bond acceptors (Lipinski definition) is 17. The zero-order valence-electron chi connectivity index (χ0n) is 38.9. The van der Waals surface area contributed by atoms with Crippen LogP contribution in [0.3, 0.4) is 0 Å². The molecule has 7 fully saturated rings. The van der Waals surface area contributed by atoms with Crippen LogP contribution < -0.4 is 0 Å². The molecule has 0 aromatic carbocycles. The summed E-state index contributed by atoms with van der Waals surface area (Å²) in [6, 6.07) is 0. The molecule has 5 aliphatic carbocycles. The molecular formula is C47H74O18. The molecule has 370 valence electrons. The van der Waals surface area contributed by atoms with Gasteiger partial charge >= 0.3 is 11.9 Å². The zero-order chi connectivity index (χ0) is 47.8. The third-order valence-corrected chi connectivity index (χ3v) is 19.3. The maximum absolute atomic E-state index is 13.1. The molecule has 8 rings (SSSR count). The molecule has 3 heterocycles. The van der Waals surface area contributed by atoms with Gasteiger partial charge in [0.1, 0.15) is 48.8 Å². The minimum Gasteiger partial charge on any atom is -0.479 e. The average molecular weight is 927 g/mol. The SMILES string of the molecule is CC[C@H](C)C(=O)O[C@H]1[C@H](O)[C@]2(CO)[C@@H](O)C[C@]3(C)C(=CC[C@@H]4[C@@]5(C)CC[C@H](O[C@@H]6O[C@H](C(=O)O)[C@H]7O[C@]8(O)[C@H](O[C@@H]7[C@H]6O)O[C@H](CO)[C@@H](O)[C@@H]8O)[C@@](C)(CO)[C@@H]5CC[C@]43C)[C@@H]2CC1(C)C. The van der Waals surface area contributed by atoms with E-state index in [0.717, 1.165) is 5.57 Å². The van der Waals surface area contributed by atoms with Crippen LogP contribution in [-0.2, 0) is 38.0 Å². The molecule has 65 heavy (non-hydrogen) atoms. The second kappa shape index (κ2) is 16.6. The molecule has 8 aliphatic rings. The molecule has 0 amide bonds. The highest BCUT2D eigenvalue weighted by Gasteiger charge is 2.74. The van der Waals surface area contributed by atoms with E-state index in [1.54, 1.807) is 6.92 Å². The van der Waals surface area contributed by atoms with Gasteiger partial charge in [-0.3, -0.25) is 4.79 Å². The van der Waals surface area contributed by atoms with Crippen molar-refractivity contribution in [2.24, 2.45) is 56.2 Å². The van der Waals surface area contributed by atoms with Gasteiger partial charge in [-0.1, -0.05) is 67.0 Å². The number of aliphatic hydroxyl groups excluding tert-OH is 8. The molecule has 18 nitrogen and oxygen atoms in total. The summed E-state index contributed by atoms with van der Waals surface area (Å²) in [5, 5.41) is 112. The predicted octanol–water partition coefficient (Wildman–Crippen LogP) is 0.729. The highest BCUT2D eigenvalue weighted by molar-refractivity contribution is 5.73. The van der Waals surface area contributed by atoms with E-state index in [-0.39, 0.29) is 41.6 Å². The average Bonchev–Trinajstić information content (AvgIpc) is 3.25. The second-order valence-electron chi connectivity index (χ2n) is 22.8. The van der Waals surface area contributed by atoms with Crippen molar-refractivity contribution in [3.05, 3.63) is 11.6 Å². The Bertz CT molecular complexity index is 1860. The fourth-order valence-corrected chi connectivity index (χ4v) is 15.0. The standard InChI is InChI=1S/C47H74O18/c1-9-21(2)38(58)64-36-35(55)46(20-50)23(16-41(36,3)4)22-10-11-26-42(5)14-13-28(43(6,19-49)25(42)12-15-44(26,7)45(22,8)17-27(46)51)61-39-30(53)31-32(33(62-39)37(56)57)65-47(59)34(54)29(52)24(18-48)60-40(47)63-31/h10,21,23-36,39-40,48-55,59H,9,11-20H2,1-8H3,(H,56,57)/t21-,23-,24+,25+,26+,27-,28-,29+,30+,31+,32-,33-,34-,35-,36-,39+,40-,42-,43-,44+,45+,46-,47-/m0/s1. The summed E-state index contributed by atoms with van der Waals surface area (Å²) in [6.07, 6.45) is -13.1. The van der Waals surface area contributed by atoms with Crippen molar-refractivity contribution in [2.45, 2.75) is 192 Å². The molecule has 3 aliphatic heterocycles. The molecule has 0 bridgehead atoms. The van der Waals surface area contributed by atoms with Crippen LogP contribution in [0.2, 0.25) is 0 Å². The van der Waals surface area contributed by atoms with Crippen LogP contribution in [0.15, 0.2) is 11.6 Å².